The number of aliphatic carboxylic acids is 2. The van der Waals surface area contributed by atoms with Gasteiger partial charge in [0.2, 0.25) is 5.91 Å². The van der Waals surface area contributed by atoms with Crippen LogP contribution in [-0.2, 0) is 23.9 Å². The summed E-state index contributed by atoms with van der Waals surface area (Å²) in [5, 5.41) is 17.5. The molecule has 0 spiro atoms. The van der Waals surface area contributed by atoms with Gasteiger partial charge in [-0.05, 0) is 34.6 Å². The van der Waals surface area contributed by atoms with Crippen molar-refractivity contribution in [3.63, 3.8) is 0 Å². The van der Waals surface area contributed by atoms with E-state index in [4.69, 9.17) is 9.84 Å². The number of fused-ring (bicyclic) bond motifs is 1. The predicted molar refractivity (Wildman–Crippen MR) is 116 cm³/mol. The Morgan fingerprint density at radius 3 is 2.16 bits per heavy atom. The van der Waals surface area contributed by atoms with E-state index in [1.54, 1.807) is 33.8 Å². The Balaban J connectivity index is 0.000000423. The molecule has 1 amide bonds. The highest BCUT2D eigenvalue weighted by atomic mass is 32.2. The van der Waals surface area contributed by atoms with Crippen molar-refractivity contribution in [2.75, 3.05) is 26.3 Å². The van der Waals surface area contributed by atoms with Crippen LogP contribution >= 0.6 is 11.8 Å². The van der Waals surface area contributed by atoms with Gasteiger partial charge in [0.25, 0.3) is 0 Å². The fraction of sp³-hybridized carbons (Fsp3) is 0.714. The Bertz CT molecular complexity index is 774. The molecule has 0 radical (unpaired) electrons. The molecule has 3 fully saturated rings. The largest absolute Gasteiger partial charge is 0.481 e. The van der Waals surface area contributed by atoms with Gasteiger partial charge in [0, 0.05) is 19.5 Å². The number of hydrogen-bond donors (Lipinski definition) is 2. The first kappa shape index (κ1) is 25.4. The van der Waals surface area contributed by atoms with Crippen LogP contribution in [0.25, 0.3) is 0 Å². The molecule has 0 bridgehead atoms. The van der Waals surface area contributed by atoms with Gasteiger partial charge in [-0.1, -0.05) is 6.08 Å². The Morgan fingerprint density at radius 1 is 1.26 bits per heavy atom. The molecule has 10 heteroatoms. The SMILES string of the molecule is C=C[C@]1(C)S[C@H]2N(C(=O)[C@]2(CC(C)=O)N2CCOCC2)[C@H]1C(=O)O.CC(C)(C)C(=O)O. The van der Waals surface area contributed by atoms with Gasteiger partial charge in [0.1, 0.15) is 22.7 Å². The smallest absolute Gasteiger partial charge is 0.328 e. The van der Waals surface area contributed by atoms with E-state index in [1.165, 1.54) is 23.6 Å². The molecule has 0 saturated carbocycles. The highest BCUT2D eigenvalue weighted by Crippen LogP contribution is 2.58. The van der Waals surface area contributed by atoms with E-state index >= 15 is 0 Å². The van der Waals surface area contributed by atoms with Crippen molar-refractivity contribution in [2.45, 2.75) is 62.7 Å². The van der Waals surface area contributed by atoms with Crippen molar-refractivity contribution < 1.29 is 34.1 Å². The van der Waals surface area contributed by atoms with Crippen LogP contribution in [0.3, 0.4) is 0 Å². The number of rotatable bonds is 5. The van der Waals surface area contributed by atoms with Gasteiger partial charge in [0.15, 0.2) is 0 Å². The second-order valence-electron chi connectivity index (χ2n) is 9.27. The first-order chi connectivity index (χ1) is 14.2. The lowest BCUT2D eigenvalue weighted by atomic mass is 9.78. The Labute approximate surface area is 186 Å². The van der Waals surface area contributed by atoms with E-state index in [9.17, 15) is 24.3 Å². The van der Waals surface area contributed by atoms with Gasteiger partial charge in [0.05, 0.1) is 23.4 Å². The normalized spacial score (nSPS) is 32.9. The average molecular weight is 457 g/mol. The summed E-state index contributed by atoms with van der Waals surface area (Å²) in [7, 11) is 0. The van der Waals surface area contributed by atoms with Gasteiger partial charge >= 0.3 is 11.9 Å². The third-order valence-corrected chi connectivity index (χ3v) is 7.57. The minimum Gasteiger partial charge on any atom is -0.481 e. The van der Waals surface area contributed by atoms with Crippen LogP contribution in [0.15, 0.2) is 12.7 Å². The summed E-state index contributed by atoms with van der Waals surface area (Å²) in [6, 6.07) is -0.960. The van der Waals surface area contributed by atoms with Gasteiger partial charge in [-0.15, -0.1) is 18.3 Å². The predicted octanol–water partition coefficient (Wildman–Crippen LogP) is 1.47. The Kier molecular flexibility index (Phi) is 7.29. The van der Waals surface area contributed by atoms with Gasteiger partial charge < -0.3 is 19.8 Å². The molecular weight excluding hydrogens is 424 g/mol. The number of carbonyl (C=O) groups excluding carboxylic acids is 2. The zero-order valence-corrected chi connectivity index (χ0v) is 19.5. The van der Waals surface area contributed by atoms with Crippen molar-refractivity contribution in [3.05, 3.63) is 12.7 Å². The monoisotopic (exact) mass is 456 g/mol. The van der Waals surface area contributed by atoms with Crippen LogP contribution < -0.4 is 0 Å². The summed E-state index contributed by atoms with van der Waals surface area (Å²) in [6.45, 7) is 14.1. The van der Waals surface area contributed by atoms with Crippen molar-refractivity contribution in [2.24, 2.45) is 5.41 Å². The molecule has 0 aromatic carbocycles. The first-order valence-electron chi connectivity index (χ1n) is 10.1. The molecular formula is C21H32N2O7S. The zero-order chi connectivity index (χ0) is 23.8. The van der Waals surface area contributed by atoms with Crippen molar-refractivity contribution >= 4 is 35.4 Å². The molecule has 3 aliphatic heterocycles. The van der Waals surface area contributed by atoms with Crippen molar-refractivity contribution in [3.8, 4) is 0 Å². The maximum Gasteiger partial charge on any atom is 0.328 e. The van der Waals surface area contributed by atoms with E-state index in [0.717, 1.165) is 0 Å². The summed E-state index contributed by atoms with van der Waals surface area (Å²) < 4.78 is 4.59. The lowest BCUT2D eigenvalue weighted by Gasteiger charge is -2.58. The number of ether oxygens (including phenoxy) is 1. The Morgan fingerprint density at radius 2 is 1.77 bits per heavy atom. The molecule has 9 nitrogen and oxygen atoms in total. The summed E-state index contributed by atoms with van der Waals surface area (Å²) >= 11 is 1.42. The molecule has 3 aliphatic rings. The molecule has 4 atom stereocenters. The van der Waals surface area contributed by atoms with Crippen molar-refractivity contribution in [1.29, 1.82) is 0 Å². The number of carboxylic acids is 2. The maximum atomic E-state index is 13.1. The first-order valence-corrected chi connectivity index (χ1v) is 11.0. The second kappa shape index (κ2) is 8.91. The summed E-state index contributed by atoms with van der Waals surface area (Å²) in [5.74, 6) is -2.14. The average Bonchev–Trinajstić information content (AvgIpc) is 2.98. The van der Waals surface area contributed by atoms with E-state index in [1.807, 2.05) is 4.90 Å². The molecule has 174 valence electrons. The quantitative estimate of drug-likeness (QED) is 0.467. The minimum atomic E-state index is -1.04. The number of amides is 1. The number of hydrogen-bond acceptors (Lipinski definition) is 7. The number of Topliss-reactive ketones (excluding diaryl/α,β-unsaturated/α-hetero) is 1. The highest BCUT2D eigenvalue weighted by Gasteiger charge is 2.73. The van der Waals surface area contributed by atoms with Crippen LogP contribution in [0.2, 0.25) is 0 Å². The minimum absolute atomic E-state index is 0.0748. The number of β-lactam (4-membered cyclic amide) rings is 1. The van der Waals surface area contributed by atoms with E-state index in [0.29, 0.717) is 26.3 Å². The van der Waals surface area contributed by atoms with Gasteiger partial charge in [-0.25, -0.2) is 4.79 Å². The molecule has 3 saturated heterocycles. The van der Waals surface area contributed by atoms with E-state index < -0.39 is 33.7 Å². The third-order valence-electron chi connectivity index (χ3n) is 5.83. The van der Waals surface area contributed by atoms with Crippen LogP contribution in [0.4, 0.5) is 0 Å². The number of nitrogens with zero attached hydrogens (tertiary/aromatic N) is 2. The highest BCUT2D eigenvalue weighted by molar-refractivity contribution is 8.02. The fourth-order valence-electron chi connectivity index (χ4n) is 4.02. The third kappa shape index (κ3) is 4.51. The molecule has 0 aliphatic carbocycles. The molecule has 0 aromatic heterocycles. The van der Waals surface area contributed by atoms with Gasteiger partial charge in [-0.3, -0.25) is 19.3 Å². The zero-order valence-electron chi connectivity index (χ0n) is 18.7. The van der Waals surface area contributed by atoms with Crippen LogP contribution in [0.5, 0.6) is 0 Å². The molecule has 31 heavy (non-hydrogen) atoms. The fourth-order valence-corrected chi connectivity index (χ4v) is 5.80. The molecule has 3 rings (SSSR count). The number of morpholine rings is 1. The number of carboxylic acid groups (broad SMARTS) is 2. The van der Waals surface area contributed by atoms with E-state index in [2.05, 4.69) is 6.58 Å². The number of ketones is 1. The van der Waals surface area contributed by atoms with Crippen molar-refractivity contribution in [1.82, 2.24) is 9.80 Å². The van der Waals surface area contributed by atoms with Crippen LogP contribution in [-0.4, -0.2) is 91.6 Å². The maximum absolute atomic E-state index is 13.1. The Hall–Kier alpha value is -1.91. The van der Waals surface area contributed by atoms with Crippen LogP contribution in [0, 0.1) is 5.41 Å². The second-order valence-corrected chi connectivity index (χ2v) is 10.8. The van der Waals surface area contributed by atoms with Crippen LogP contribution in [0.1, 0.15) is 41.0 Å². The topological polar surface area (TPSA) is 124 Å². The summed E-state index contributed by atoms with van der Waals surface area (Å²) in [4.78, 5) is 50.2. The lowest BCUT2D eigenvalue weighted by Crippen LogP contribution is -2.80. The molecule has 3 heterocycles. The molecule has 2 N–H and O–H groups in total. The van der Waals surface area contributed by atoms with Gasteiger partial charge in [-0.2, -0.15) is 0 Å². The van der Waals surface area contributed by atoms with E-state index in [-0.39, 0.29) is 23.5 Å². The number of thioether (sulfide) groups is 1. The summed E-state index contributed by atoms with van der Waals surface area (Å²) in [5.41, 5.74) is -1.55. The standard InChI is InChI=1S/C16H22N2O5S.C5H10O2/c1-4-15(3)11(12(20)21)18-13(22)16(9-10(2)19,14(18)24-15)17-5-7-23-8-6-17;1-5(2,3)4(6)7/h4,11,14H,1,5-9H2,2-3H3,(H,20,21);1-3H3,(H,6,7)/t11-,14+,15-,16-;/m0./s1. The molecule has 0 aromatic rings. The molecule has 0 unspecified atom stereocenters. The lowest BCUT2D eigenvalue weighted by molar-refractivity contribution is -0.183. The number of carbonyl (C=O) groups is 4. The summed E-state index contributed by atoms with van der Waals surface area (Å²) in [6.07, 6.45) is 1.69.